The summed E-state index contributed by atoms with van der Waals surface area (Å²) in [7, 11) is 0. The average Bonchev–Trinajstić information content (AvgIpc) is 2.08. The van der Waals surface area contributed by atoms with E-state index in [-0.39, 0.29) is 0 Å². The van der Waals surface area contributed by atoms with Crippen molar-refractivity contribution in [1.29, 1.82) is 0 Å². The maximum Gasteiger partial charge on any atom is 0.116 e. The van der Waals surface area contributed by atoms with Gasteiger partial charge in [0.15, 0.2) is 0 Å². The third-order valence-electron chi connectivity index (χ3n) is 1.01. The summed E-state index contributed by atoms with van der Waals surface area (Å²) in [4.78, 5) is 0. The van der Waals surface area contributed by atoms with Crippen LogP contribution in [-0.4, -0.2) is 22.6 Å². The fourth-order valence-corrected chi connectivity index (χ4v) is 0.461. The largest absolute Gasteiger partial charge is 0.384 e. The zero-order valence-electron chi connectivity index (χ0n) is 5.37. The molecule has 0 unspecified atom stereocenters. The molecule has 0 spiro atoms. The molecule has 0 saturated heterocycles. The van der Waals surface area contributed by atoms with Crippen molar-refractivity contribution in [1.82, 2.24) is 5.53 Å². The van der Waals surface area contributed by atoms with Crippen LogP contribution in [0.25, 0.3) is 0 Å². The molecule has 1 rings (SSSR count). The van der Waals surface area contributed by atoms with Crippen LogP contribution in [0.1, 0.15) is 13.8 Å². The maximum absolute atomic E-state index is 9.24. The van der Waals surface area contributed by atoms with E-state index in [0.717, 1.165) is 0 Å². The summed E-state index contributed by atoms with van der Waals surface area (Å²) in [6.07, 6.45) is 1.44. The summed E-state index contributed by atoms with van der Waals surface area (Å²) >= 11 is 0. The van der Waals surface area contributed by atoms with E-state index in [0.29, 0.717) is 5.71 Å². The van der Waals surface area contributed by atoms with Gasteiger partial charge in [0.1, 0.15) is 11.3 Å². The van der Waals surface area contributed by atoms with Crippen LogP contribution in [-0.2, 0) is 0 Å². The van der Waals surface area contributed by atoms with Crippen molar-refractivity contribution >= 4 is 11.9 Å². The summed E-state index contributed by atoms with van der Waals surface area (Å²) in [5.41, 5.74) is 2.92. The highest BCUT2D eigenvalue weighted by Crippen LogP contribution is 2.04. The molecule has 0 amide bonds. The van der Waals surface area contributed by atoms with Crippen LogP contribution in [0.4, 0.5) is 0 Å². The smallest absolute Gasteiger partial charge is 0.116 e. The first-order chi connectivity index (χ1) is 4.11. The molecule has 4 nitrogen and oxygen atoms in total. The molecule has 0 aliphatic carbocycles. The first kappa shape index (κ1) is 6.22. The summed E-state index contributed by atoms with van der Waals surface area (Å²) in [6.45, 7) is 3.28. The second-order valence-corrected chi connectivity index (χ2v) is 2.38. The molecule has 1 aliphatic heterocycles. The molecule has 0 atom stereocenters. The van der Waals surface area contributed by atoms with Crippen LogP contribution in [0.2, 0.25) is 0 Å². The van der Waals surface area contributed by atoms with Gasteiger partial charge in [-0.25, -0.2) is 0 Å². The molecule has 1 N–H and O–H groups in total. The zero-order chi connectivity index (χ0) is 6.91. The molecular weight excluding hydrogens is 118 g/mol. The van der Waals surface area contributed by atoms with Crippen molar-refractivity contribution in [3.63, 3.8) is 0 Å². The summed E-state index contributed by atoms with van der Waals surface area (Å²) < 4.78 is 0. The van der Waals surface area contributed by atoms with Crippen LogP contribution in [0, 0.1) is 0 Å². The Balaban J connectivity index is 2.73. The van der Waals surface area contributed by atoms with Crippen molar-refractivity contribution in [3.05, 3.63) is 0 Å². The number of aliphatic hydroxyl groups is 1. The second kappa shape index (κ2) is 1.80. The Kier molecular flexibility index (Phi) is 1.25. The average molecular weight is 126 g/mol. The van der Waals surface area contributed by atoms with E-state index in [9.17, 15) is 5.11 Å². The molecule has 1 heterocycles. The number of hydrogen-bond donors (Lipinski definition) is 1. The van der Waals surface area contributed by atoms with Gasteiger partial charge in [0.25, 0.3) is 0 Å². The van der Waals surface area contributed by atoms with Gasteiger partial charge in [0.05, 0.1) is 6.21 Å². The fraction of sp³-hybridized carbons (Fsp3) is 0.600. The van der Waals surface area contributed by atoms with Crippen molar-refractivity contribution in [2.24, 2.45) is 10.2 Å². The lowest BCUT2D eigenvalue weighted by Gasteiger charge is -2.12. The van der Waals surface area contributed by atoms with E-state index in [4.69, 9.17) is 0 Å². The third kappa shape index (κ3) is 1.26. The Labute approximate surface area is 53.3 Å². The van der Waals surface area contributed by atoms with Crippen LogP contribution < -0.4 is 5.53 Å². The standard InChI is InChI=1S/C5H8N3O/c1-5(2,9)4-3-6-8-7-4/h3,9H,1-2H3. The highest BCUT2D eigenvalue weighted by Gasteiger charge is 2.22. The van der Waals surface area contributed by atoms with E-state index in [2.05, 4.69) is 15.7 Å². The SMILES string of the molecule is CC(C)(O)C1=N[N]N=C1. The van der Waals surface area contributed by atoms with Crippen LogP contribution in [0.5, 0.6) is 0 Å². The lowest BCUT2D eigenvalue weighted by molar-refractivity contribution is 0.156. The minimum Gasteiger partial charge on any atom is -0.384 e. The molecule has 49 valence electrons. The Morgan fingerprint density at radius 3 is 2.44 bits per heavy atom. The van der Waals surface area contributed by atoms with E-state index in [1.54, 1.807) is 13.8 Å². The van der Waals surface area contributed by atoms with Crippen LogP contribution in [0.3, 0.4) is 0 Å². The monoisotopic (exact) mass is 126 g/mol. The molecule has 4 heteroatoms. The molecule has 0 aromatic rings. The number of rotatable bonds is 1. The quantitative estimate of drug-likeness (QED) is 0.516. The molecule has 0 fully saturated rings. The molecule has 0 bridgehead atoms. The van der Waals surface area contributed by atoms with Crippen molar-refractivity contribution in [2.75, 3.05) is 0 Å². The van der Waals surface area contributed by atoms with Crippen molar-refractivity contribution < 1.29 is 5.11 Å². The molecule has 0 saturated carbocycles. The van der Waals surface area contributed by atoms with Crippen LogP contribution in [0.15, 0.2) is 10.2 Å². The lowest BCUT2D eigenvalue weighted by Crippen LogP contribution is -2.31. The van der Waals surface area contributed by atoms with Crippen molar-refractivity contribution in [2.45, 2.75) is 19.4 Å². The number of nitrogens with zero attached hydrogens (tertiary/aromatic N) is 3. The fourth-order valence-electron chi connectivity index (χ4n) is 0.461. The number of hydrogen-bond acceptors (Lipinski definition) is 3. The minimum absolute atomic E-state index is 0.502. The minimum atomic E-state index is -0.913. The summed E-state index contributed by atoms with van der Waals surface area (Å²) in [6, 6.07) is 0. The van der Waals surface area contributed by atoms with Gasteiger partial charge in [0.2, 0.25) is 0 Å². The van der Waals surface area contributed by atoms with E-state index in [1.165, 1.54) is 6.21 Å². The molecule has 0 aromatic heterocycles. The van der Waals surface area contributed by atoms with Gasteiger partial charge in [-0.1, -0.05) is 0 Å². The van der Waals surface area contributed by atoms with E-state index in [1.807, 2.05) is 0 Å². The van der Waals surface area contributed by atoms with Crippen LogP contribution >= 0.6 is 0 Å². The van der Waals surface area contributed by atoms with E-state index < -0.39 is 5.60 Å². The van der Waals surface area contributed by atoms with E-state index >= 15 is 0 Å². The Morgan fingerprint density at radius 1 is 1.56 bits per heavy atom. The predicted molar refractivity (Wildman–Crippen MR) is 34.4 cm³/mol. The normalized spacial score (nSPS) is 17.4. The molecule has 9 heavy (non-hydrogen) atoms. The van der Waals surface area contributed by atoms with Gasteiger partial charge in [-0.3, -0.25) is 0 Å². The first-order valence-corrected chi connectivity index (χ1v) is 2.64. The van der Waals surface area contributed by atoms with Crippen molar-refractivity contribution in [3.8, 4) is 0 Å². The summed E-state index contributed by atoms with van der Waals surface area (Å²) in [5, 5.41) is 16.3. The maximum atomic E-state index is 9.24. The molecule has 1 radical (unpaired) electrons. The van der Waals surface area contributed by atoms with Gasteiger partial charge in [-0.05, 0) is 19.4 Å². The predicted octanol–water partition coefficient (Wildman–Crippen LogP) is -0.283. The zero-order valence-corrected chi connectivity index (χ0v) is 5.37. The van der Waals surface area contributed by atoms with Gasteiger partial charge in [-0.2, -0.15) is 0 Å². The molecule has 0 aromatic carbocycles. The van der Waals surface area contributed by atoms with Gasteiger partial charge in [-0.15, -0.1) is 10.2 Å². The van der Waals surface area contributed by atoms with Gasteiger partial charge in [0, 0.05) is 0 Å². The second-order valence-electron chi connectivity index (χ2n) is 2.38. The highest BCUT2D eigenvalue weighted by molar-refractivity contribution is 6.34. The van der Waals surface area contributed by atoms with Gasteiger partial charge < -0.3 is 5.11 Å². The third-order valence-corrected chi connectivity index (χ3v) is 1.01. The summed E-state index contributed by atoms with van der Waals surface area (Å²) in [5.74, 6) is 0. The Bertz CT molecular complexity index is 166. The molecule has 1 aliphatic rings. The highest BCUT2D eigenvalue weighted by atomic mass is 16.3. The lowest BCUT2D eigenvalue weighted by atomic mass is 10.0. The first-order valence-electron chi connectivity index (χ1n) is 2.64. The Morgan fingerprint density at radius 2 is 2.22 bits per heavy atom. The Hall–Kier alpha value is -0.900. The topological polar surface area (TPSA) is 59.1 Å². The van der Waals surface area contributed by atoms with Gasteiger partial charge >= 0.3 is 0 Å². The molecular formula is C5H8N3O.